The highest BCUT2D eigenvalue weighted by atomic mass is 16.3. The number of para-hydroxylation sites is 4. The van der Waals surface area contributed by atoms with Crippen LogP contribution in [0.15, 0.2) is 71.7 Å². The number of benzene rings is 2. The summed E-state index contributed by atoms with van der Waals surface area (Å²) < 4.78 is 7.99. The molecule has 3 aromatic heterocycles. The highest BCUT2D eigenvalue weighted by Crippen LogP contribution is 2.29. The molecule has 138 valence electrons. The molecule has 0 radical (unpaired) electrons. The fourth-order valence-corrected chi connectivity index (χ4v) is 3.13. The van der Waals surface area contributed by atoms with Crippen LogP contribution in [0, 0.1) is 0 Å². The van der Waals surface area contributed by atoms with Crippen LogP contribution < -0.4 is 5.32 Å². The number of imidazole rings is 1. The van der Waals surface area contributed by atoms with Gasteiger partial charge >= 0.3 is 0 Å². The van der Waals surface area contributed by atoms with Crippen molar-refractivity contribution in [3.05, 3.63) is 67.3 Å². The van der Waals surface area contributed by atoms with Gasteiger partial charge in [0.2, 0.25) is 5.89 Å². The van der Waals surface area contributed by atoms with Crippen LogP contribution in [0.4, 0.5) is 5.82 Å². The number of nitrogens with zero attached hydrogens (tertiary/aromatic N) is 5. The van der Waals surface area contributed by atoms with Gasteiger partial charge in [-0.25, -0.2) is 19.9 Å². The summed E-state index contributed by atoms with van der Waals surface area (Å²) in [5, 5.41) is 3.40. The molecule has 0 spiro atoms. The number of nitrogens with one attached hydrogen (secondary N) is 1. The molecule has 0 bridgehead atoms. The highest BCUT2D eigenvalue weighted by molar-refractivity contribution is 5.83. The molecule has 7 heteroatoms. The number of fused-ring (bicyclic) bond motifs is 2. The molecule has 0 saturated heterocycles. The lowest BCUT2D eigenvalue weighted by molar-refractivity contribution is 0.616. The molecule has 0 atom stereocenters. The maximum atomic E-state index is 5.94. The van der Waals surface area contributed by atoms with Gasteiger partial charge in [-0.3, -0.25) is 0 Å². The van der Waals surface area contributed by atoms with E-state index in [0.29, 0.717) is 17.4 Å². The van der Waals surface area contributed by atoms with Crippen molar-refractivity contribution in [2.24, 2.45) is 0 Å². The lowest BCUT2D eigenvalue weighted by atomic mass is 10.2. The molecule has 5 aromatic rings. The van der Waals surface area contributed by atoms with E-state index in [1.54, 1.807) is 6.20 Å². The summed E-state index contributed by atoms with van der Waals surface area (Å²) >= 11 is 0. The van der Waals surface area contributed by atoms with E-state index in [-0.39, 0.29) is 0 Å². The molecule has 2 aromatic carbocycles. The number of rotatable bonds is 6. The largest absolute Gasteiger partial charge is 0.435 e. The predicted octanol–water partition coefficient (Wildman–Crippen LogP) is 4.14. The van der Waals surface area contributed by atoms with Crippen molar-refractivity contribution in [3.63, 3.8) is 0 Å². The standard InChI is InChI=1S/C21H18N6O/c1-2-7-16-15(6-1)24-19(21-26-17-8-3-4-9-18(17)28-21)20(25-16)23-10-5-12-27-13-11-22-14-27/h1-4,6-9,11,13-14H,5,10,12H2,(H,23,25). The molecule has 0 aliphatic rings. The maximum absolute atomic E-state index is 5.94. The molecule has 5 rings (SSSR count). The Morgan fingerprint density at radius 2 is 1.68 bits per heavy atom. The Balaban J connectivity index is 1.47. The molecule has 0 fully saturated rings. The van der Waals surface area contributed by atoms with Crippen LogP contribution in [0.25, 0.3) is 33.7 Å². The third kappa shape index (κ3) is 3.18. The van der Waals surface area contributed by atoms with Crippen molar-refractivity contribution < 1.29 is 4.42 Å². The van der Waals surface area contributed by atoms with E-state index in [4.69, 9.17) is 14.4 Å². The van der Waals surface area contributed by atoms with E-state index in [0.717, 1.165) is 41.6 Å². The van der Waals surface area contributed by atoms with Crippen molar-refractivity contribution in [3.8, 4) is 11.6 Å². The van der Waals surface area contributed by atoms with Crippen molar-refractivity contribution in [2.75, 3.05) is 11.9 Å². The molecular formula is C21H18N6O. The first-order valence-electron chi connectivity index (χ1n) is 9.19. The first kappa shape index (κ1) is 16.4. The number of oxazole rings is 1. The van der Waals surface area contributed by atoms with Crippen molar-refractivity contribution in [2.45, 2.75) is 13.0 Å². The van der Waals surface area contributed by atoms with E-state index in [2.05, 4.69) is 19.9 Å². The fraction of sp³-hybridized carbons (Fsp3) is 0.143. The average Bonchev–Trinajstić information content (AvgIpc) is 3.40. The van der Waals surface area contributed by atoms with Crippen molar-refractivity contribution in [1.29, 1.82) is 0 Å². The lowest BCUT2D eigenvalue weighted by Crippen LogP contribution is -2.09. The SMILES string of the molecule is c1ccc2nc(-c3nc4ccccc4o3)c(NCCCn3ccnc3)nc2c1. The molecule has 7 nitrogen and oxygen atoms in total. The average molecular weight is 370 g/mol. The molecule has 28 heavy (non-hydrogen) atoms. The first-order valence-corrected chi connectivity index (χ1v) is 9.19. The van der Waals surface area contributed by atoms with E-state index < -0.39 is 0 Å². The zero-order valence-electron chi connectivity index (χ0n) is 15.1. The summed E-state index contributed by atoms with van der Waals surface area (Å²) in [6.07, 6.45) is 6.49. The molecule has 0 aliphatic heterocycles. The Morgan fingerprint density at radius 1 is 0.893 bits per heavy atom. The molecule has 0 amide bonds. The maximum Gasteiger partial charge on any atom is 0.250 e. The molecule has 0 unspecified atom stereocenters. The van der Waals surface area contributed by atoms with Gasteiger partial charge in [-0.15, -0.1) is 0 Å². The Bertz CT molecular complexity index is 1200. The Kier molecular flexibility index (Phi) is 4.17. The van der Waals surface area contributed by atoms with Crippen LogP contribution in [0.5, 0.6) is 0 Å². The van der Waals surface area contributed by atoms with Gasteiger partial charge in [0, 0.05) is 25.5 Å². The smallest absolute Gasteiger partial charge is 0.250 e. The summed E-state index contributed by atoms with van der Waals surface area (Å²) in [6, 6.07) is 15.5. The van der Waals surface area contributed by atoms with Crippen LogP contribution in [0.1, 0.15) is 6.42 Å². The van der Waals surface area contributed by atoms with E-state index in [1.807, 2.05) is 61.1 Å². The summed E-state index contributed by atoms with van der Waals surface area (Å²) in [5.74, 6) is 1.15. The van der Waals surface area contributed by atoms with E-state index >= 15 is 0 Å². The molecular weight excluding hydrogens is 352 g/mol. The van der Waals surface area contributed by atoms with Gasteiger partial charge in [0.25, 0.3) is 0 Å². The zero-order valence-corrected chi connectivity index (χ0v) is 15.1. The molecule has 0 aliphatic carbocycles. The van der Waals surface area contributed by atoms with Crippen LogP contribution in [0.3, 0.4) is 0 Å². The lowest BCUT2D eigenvalue weighted by Gasteiger charge is -2.10. The molecule has 3 heterocycles. The first-order chi connectivity index (χ1) is 13.9. The minimum atomic E-state index is 0.469. The van der Waals surface area contributed by atoms with Gasteiger partial charge in [0.05, 0.1) is 17.4 Å². The highest BCUT2D eigenvalue weighted by Gasteiger charge is 2.16. The van der Waals surface area contributed by atoms with Gasteiger partial charge < -0.3 is 14.3 Å². The second kappa shape index (κ2) is 7.11. The normalized spacial score (nSPS) is 11.3. The second-order valence-corrected chi connectivity index (χ2v) is 6.48. The minimum Gasteiger partial charge on any atom is -0.435 e. The Hall–Kier alpha value is -3.74. The van der Waals surface area contributed by atoms with Crippen LogP contribution in [0.2, 0.25) is 0 Å². The molecule has 0 saturated carbocycles. The van der Waals surface area contributed by atoms with E-state index in [1.165, 1.54) is 0 Å². The van der Waals surface area contributed by atoms with Crippen LogP contribution in [-0.4, -0.2) is 31.0 Å². The fourth-order valence-electron chi connectivity index (χ4n) is 3.13. The number of hydrogen-bond donors (Lipinski definition) is 1. The van der Waals surface area contributed by atoms with E-state index in [9.17, 15) is 0 Å². The third-order valence-corrected chi connectivity index (χ3v) is 4.51. The number of anilines is 1. The van der Waals surface area contributed by atoms with Crippen LogP contribution in [-0.2, 0) is 6.54 Å². The summed E-state index contributed by atoms with van der Waals surface area (Å²) in [4.78, 5) is 18.2. The number of hydrogen-bond acceptors (Lipinski definition) is 6. The number of aryl methyl sites for hydroxylation is 1. The number of aromatic nitrogens is 5. The van der Waals surface area contributed by atoms with Crippen molar-refractivity contribution in [1.82, 2.24) is 24.5 Å². The zero-order chi connectivity index (χ0) is 18.8. The monoisotopic (exact) mass is 370 g/mol. The minimum absolute atomic E-state index is 0.469. The van der Waals surface area contributed by atoms with Gasteiger partial charge in [0.15, 0.2) is 17.1 Å². The third-order valence-electron chi connectivity index (χ3n) is 4.51. The quantitative estimate of drug-likeness (QED) is 0.453. The summed E-state index contributed by atoms with van der Waals surface area (Å²) in [5.41, 5.74) is 3.80. The second-order valence-electron chi connectivity index (χ2n) is 6.48. The Labute approximate surface area is 161 Å². The summed E-state index contributed by atoms with van der Waals surface area (Å²) in [6.45, 7) is 1.63. The van der Waals surface area contributed by atoms with Crippen molar-refractivity contribution >= 4 is 28.0 Å². The van der Waals surface area contributed by atoms with Crippen LogP contribution >= 0.6 is 0 Å². The van der Waals surface area contributed by atoms with Gasteiger partial charge in [-0.2, -0.15) is 0 Å². The Morgan fingerprint density at radius 3 is 2.46 bits per heavy atom. The molecule has 1 N–H and O–H groups in total. The van der Waals surface area contributed by atoms with Gasteiger partial charge in [0.1, 0.15) is 5.52 Å². The predicted molar refractivity (Wildman–Crippen MR) is 108 cm³/mol. The topological polar surface area (TPSA) is 81.7 Å². The van der Waals surface area contributed by atoms with Gasteiger partial charge in [-0.05, 0) is 30.7 Å². The summed E-state index contributed by atoms with van der Waals surface area (Å²) in [7, 11) is 0. The van der Waals surface area contributed by atoms with Gasteiger partial charge in [-0.1, -0.05) is 24.3 Å².